The van der Waals surface area contributed by atoms with Crippen LogP contribution in [-0.4, -0.2) is 19.5 Å². The first-order chi connectivity index (χ1) is 7.22. The Bertz CT molecular complexity index is 329. The van der Waals surface area contributed by atoms with Crippen molar-refractivity contribution < 1.29 is 13.9 Å². The molecule has 0 atom stereocenters. The molecule has 0 aliphatic heterocycles. The van der Waals surface area contributed by atoms with Gasteiger partial charge in [0, 0.05) is 6.07 Å². The van der Waals surface area contributed by atoms with Crippen LogP contribution in [0.2, 0.25) is 0 Å². The van der Waals surface area contributed by atoms with Crippen LogP contribution in [0.15, 0.2) is 17.0 Å². The summed E-state index contributed by atoms with van der Waals surface area (Å²) in [6, 6.07) is 2.81. The normalized spacial score (nSPS) is 10.1. The third kappa shape index (κ3) is 3.02. The number of hydrogen-bond acceptors (Lipinski definition) is 3. The van der Waals surface area contributed by atoms with Crippen LogP contribution in [0.5, 0.6) is 11.5 Å². The molecular formula is C11H15FO2S. The SMILES string of the molecule is CCOc1cc(F)cc(SC)c1OCC. The van der Waals surface area contributed by atoms with Crippen LogP contribution in [0.1, 0.15) is 13.8 Å². The Balaban J connectivity index is 3.14. The molecule has 0 unspecified atom stereocenters. The summed E-state index contributed by atoms with van der Waals surface area (Å²) in [4.78, 5) is 0.764. The Morgan fingerprint density at radius 1 is 1.20 bits per heavy atom. The molecule has 1 aromatic carbocycles. The first-order valence-corrected chi connectivity index (χ1v) is 6.08. The predicted octanol–water partition coefficient (Wildman–Crippen LogP) is 3.35. The lowest BCUT2D eigenvalue weighted by atomic mass is 10.3. The van der Waals surface area contributed by atoms with Crippen molar-refractivity contribution in [2.75, 3.05) is 19.5 Å². The Kier molecular flexibility index (Phi) is 4.75. The van der Waals surface area contributed by atoms with E-state index in [1.54, 1.807) is 0 Å². The van der Waals surface area contributed by atoms with Crippen molar-refractivity contribution in [1.29, 1.82) is 0 Å². The lowest BCUT2D eigenvalue weighted by molar-refractivity contribution is 0.280. The lowest BCUT2D eigenvalue weighted by Gasteiger charge is -2.13. The summed E-state index contributed by atoms with van der Waals surface area (Å²) in [7, 11) is 0. The molecular weight excluding hydrogens is 215 g/mol. The zero-order chi connectivity index (χ0) is 11.3. The van der Waals surface area contributed by atoms with Gasteiger partial charge in [-0.15, -0.1) is 11.8 Å². The van der Waals surface area contributed by atoms with Crippen molar-refractivity contribution in [3.05, 3.63) is 17.9 Å². The number of thioether (sulfide) groups is 1. The molecule has 1 aromatic rings. The molecule has 1 rings (SSSR count). The highest BCUT2D eigenvalue weighted by molar-refractivity contribution is 7.98. The maximum atomic E-state index is 13.2. The Morgan fingerprint density at radius 2 is 1.87 bits per heavy atom. The van der Waals surface area contributed by atoms with E-state index in [4.69, 9.17) is 9.47 Å². The molecule has 0 radical (unpaired) electrons. The third-order valence-electron chi connectivity index (χ3n) is 1.79. The van der Waals surface area contributed by atoms with E-state index in [1.807, 2.05) is 20.1 Å². The summed E-state index contributed by atoms with van der Waals surface area (Å²) in [5.41, 5.74) is 0. The monoisotopic (exact) mass is 230 g/mol. The standard InChI is InChI=1S/C11H15FO2S/c1-4-13-9-6-8(12)7-10(15-3)11(9)14-5-2/h6-7H,4-5H2,1-3H3. The fraction of sp³-hybridized carbons (Fsp3) is 0.455. The van der Waals surface area contributed by atoms with E-state index >= 15 is 0 Å². The number of hydrogen-bond donors (Lipinski definition) is 0. The molecule has 0 saturated heterocycles. The fourth-order valence-corrected chi connectivity index (χ4v) is 1.82. The zero-order valence-electron chi connectivity index (χ0n) is 9.17. The van der Waals surface area contributed by atoms with Gasteiger partial charge in [-0.3, -0.25) is 0 Å². The number of benzene rings is 1. The summed E-state index contributed by atoms with van der Waals surface area (Å²) in [6.45, 7) is 4.79. The van der Waals surface area contributed by atoms with Crippen LogP contribution in [0, 0.1) is 5.82 Å². The van der Waals surface area contributed by atoms with E-state index in [-0.39, 0.29) is 5.82 Å². The van der Waals surface area contributed by atoms with E-state index in [0.29, 0.717) is 24.7 Å². The molecule has 0 aliphatic rings. The molecule has 0 fully saturated rings. The Labute approximate surface area is 93.8 Å². The Morgan fingerprint density at radius 3 is 2.40 bits per heavy atom. The maximum Gasteiger partial charge on any atom is 0.174 e. The number of halogens is 1. The van der Waals surface area contributed by atoms with Crippen LogP contribution >= 0.6 is 11.8 Å². The van der Waals surface area contributed by atoms with Crippen LogP contribution in [0.25, 0.3) is 0 Å². The summed E-state index contributed by atoms with van der Waals surface area (Å²) < 4.78 is 24.0. The molecule has 0 spiro atoms. The summed E-state index contributed by atoms with van der Waals surface area (Å²) in [6.07, 6.45) is 1.88. The number of ether oxygens (including phenoxy) is 2. The molecule has 4 heteroatoms. The first kappa shape index (κ1) is 12.2. The molecule has 2 nitrogen and oxygen atoms in total. The van der Waals surface area contributed by atoms with Crippen molar-refractivity contribution in [2.24, 2.45) is 0 Å². The minimum absolute atomic E-state index is 0.300. The van der Waals surface area contributed by atoms with Gasteiger partial charge in [-0.25, -0.2) is 4.39 Å². The van der Waals surface area contributed by atoms with Crippen molar-refractivity contribution in [3.8, 4) is 11.5 Å². The van der Waals surface area contributed by atoms with Crippen LogP contribution in [-0.2, 0) is 0 Å². The Hall–Kier alpha value is -0.900. The van der Waals surface area contributed by atoms with Gasteiger partial charge in [0.25, 0.3) is 0 Å². The highest BCUT2D eigenvalue weighted by Crippen LogP contribution is 2.37. The first-order valence-electron chi connectivity index (χ1n) is 4.86. The average molecular weight is 230 g/mol. The summed E-state index contributed by atoms with van der Waals surface area (Å²) in [5, 5.41) is 0. The molecule has 0 amide bonds. The van der Waals surface area contributed by atoms with Gasteiger partial charge >= 0.3 is 0 Å². The number of rotatable bonds is 5. The topological polar surface area (TPSA) is 18.5 Å². The average Bonchev–Trinajstić information content (AvgIpc) is 2.22. The lowest BCUT2D eigenvalue weighted by Crippen LogP contribution is -2.00. The second kappa shape index (κ2) is 5.85. The van der Waals surface area contributed by atoms with Gasteiger partial charge < -0.3 is 9.47 Å². The van der Waals surface area contributed by atoms with Gasteiger partial charge in [-0.2, -0.15) is 0 Å². The van der Waals surface area contributed by atoms with Gasteiger partial charge in [0.1, 0.15) is 5.82 Å². The van der Waals surface area contributed by atoms with Crippen molar-refractivity contribution in [3.63, 3.8) is 0 Å². The summed E-state index contributed by atoms with van der Waals surface area (Å²) >= 11 is 1.44. The minimum atomic E-state index is -0.300. The van der Waals surface area contributed by atoms with E-state index in [2.05, 4.69) is 0 Å². The molecule has 0 heterocycles. The van der Waals surface area contributed by atoms with Crippen molar-refractivity contribution in [2.45, 2.75) is 18.7 Å². The third-order valence-corrected chi connectivity index (χ3v) is 2.54. The molecule has 0 saturated carbocycles. The van der Waals surface area contributed by atoms with Gasteiger partial charge in [0.2, 0.25) is 0 Å². The van der Waals surface area contributed by atoms with Gasteiger partial charge in [-0.1, -0.05) is 0 Å². The molecule has 0 bridgehead atoms. The predicted molar refractivity (Wildman–Crippen MR) is 60.5 cm³/mol. The maximum absolute atomic E-state index is 13.2. The zero-order valence-corrected chi connectivity index (χ0v) is 9.99. The van der Waals surface area contributed by atoms with E-state index < -0.39 is 0 Å². The van der Waals surface area contributed by atoms with Crippen LogP contribution in [0.3, 0.4) is 0 Å². The van der Waals surface area contributed by atoms with Gasteiger partial charge in [0.05, 0.1) is 18.1 Å². The van der Waals surface area contributed by atoms with Gasteiger partial charge in [-0.05, 0) is 26.2 Å². The molecule has 0 N–H and O–H groups in total. The smallest absolute Gasteiger partial charge is 0.174 e. The quantitative estimate of drug-likeness (QED) is 0.723. The van der Waals surface area contributed by atoms with Crippen LogP contribution in [0.4, 0.5) is 4.39 Å². The van der Waals surface area contributed by atoms with Gasteiger partial charge in [0.15, 0.2) is 11.5 Å². The fourth-order valence-electron chi connectivity index (χ4n) is 1.25. The largest absolute Gasteiger partial charge is 0.490 e. The molecule has 0 aliphatic carbocycles. The second-order valence-electron chi connectivity index (χ2n) is 2.80. The second-order valence-corrected chi connectivity index (χ2v) is 3.65. The molecule has 15 heavy (non-hydrogen) atoms. The molecule has 84 valence electrons. The minimum Gasteiger partial charge on any atom is -0.490 e. The van der Waals surface area contributed by atoms with E-state index in [0.717, 1.165) is 4.90 Å². The highest BCUT2D eigenvalue weighted by atomic mass is 32.2. The van der Waals surface area contributed by atoms with Crippen molar-refractivity contribution in [1.82, 2.24) is 0 Å². The highest BCUT2D eigenvalue weighted by Gasteiger charge is 2.12. The summed E-state index contributed by atoms with van der Waals surface area (Å²) in [5.74, 6) is 0.809. The van der Waals surface area contributed by atoms with Crippen molar-refractivity contribution >= 4 is 11.8 Å². The van der Waals surface area contributed by atoms with E-state index in [1.165, 1.54) is 23.9 Å². The van der Waals surface area contributed by atoms with Crippen LogP contribution < -0.4 is 9.47 Å². The molecule has 0 aromatic heterocycles. The van der Waals surface area contributed by atoms with E-state index in [9.17, 15) is 4.39 Å².